The predicted molar refractivity (Wildman–Crippen MR) is 70.4 cm³/mol. The Morgan fingerprint density at radius 1 is 1.44 bits per heavy atom. The Morgan fingerprint density at radius 3 is 2.89 bits per heavy atom. The number of halogens is 1. The van der Waals surface area contributed by atoms with E-state index in [-0.39, 0.29) is 11.9 Å². The maximum absolute atomic E-state index is 13.4. The molecule has 0 aliphatic rings. The van der Waals surface area contributed by atoms with Crippen molar-refractivity contribution in [2.45, 2.75) is 26.3 Å². The summed E-state index contributed by atoms with van der Waals surface area (Å²) in [6.45, 7) is 4.07. The van der Waals surface area contributed by atoms with Crippen molar-refractivity contribution >= 4 is 0 Å². The lowest BCUT2D eigenvalue weighted by molar-refractivity contribution is 0.605. The summed E-state index contributed by atoms with van der Waals surface area (Å²) < 4.78 is 15.4. The van der Waals surface area contributed by atoms with Gasteiger partial charge in [0.1, 0.15) is 11.6 Å². The van der Waals surface area contributed by atoms with Gasteiger partial charge in [0.2, 0.25) is 0 Å². The van der Waals surface area contributed by atoms with Gasteiger partial charge < -0.3 is 9.88 Å². The number of aromatic nitrogens is 2. The summed E-state index contributed by atoms with van der Waals surface area (Å²) >= 11 is 0. The number of hydrogen-bond acceptors (Lipinski definition) is 2. The molecule has 96 valence electrons. The molecule has 18 heavy (non-hydrogen) atoms. The lowest BCUT2D eigenvalue weighted by Gasteiger charge is -2.17. The molecule has 0 fully saturated rings. The second-order valence-corrected chi connectivity index (χ2v) is 4.28. The molecule has 0 bridgehead atoms. The van der Waals surface area contributed by atoms with E-state index in [1.165, 1.54) is 6.07 Å². The first kappa shape index (κ1) is 12.8. The van der Waals surface area contributed by atoms with Crippen molar-refractivity contribution in [3.05, 3.63) is 47.8 Å². The summed E-state index contributed by atoms with van der Waals surface area (Å²) in [6, 6.07) is 4.96. The minimum Gasteiger partial charge on any atom is -0.313 e. The Labute approximate surface area is 107 Å². The molecule has 0 amide bonds. The molecule has 0 aliphatic heterocycles. The fourth-order valence-electron chi connectivity index (χ4n) is 2.06. The van der Waals surface area contributed by atoms with Crippen LogP contribution in [0, 0.1) is 5.82 Å². The molecule has 3 nitrogen and oxygen atoms in total. The zero-order chi connectivity index (χ0) is 13.1. The van der Waals surface area contributed by atoms with E-state index in [9.17, 15) is 4.39 Å². The molecule has 1 heterocycles. The van der Waals surface area contributed by atoms with E-state index >= 15 is 0 Å². The van der Waals surface area contributed by atoms with Crippen LogP contribution in [0.15, 0.2) is 30.6 Å². The molecular formula is C14H18FN3. The fraction of sp³-hybridized carbons (Fsp3) is 0.357. The first-order chi connectivity index (χ1) is 8.67. The highest BCUT2D eigenvalue weighted by atomic mass is 19.1. The third-order valence-electron chi connectivity index (χ3n) is 3.18. The molecule has 0 spiro atoms. The van der Waals surface area contributed by atoms with Crippen molar-refractivity contribution in [2.75, 3.05) is 7.05 Å². The third-order valence-corrected chi connectivity index (χ3v) is 3.18. The minimum atomic E-state index is -0.214. The zero-order valence-corrected chi connectivity index (χ0v) is 10.9. The molecule has 1 aromatic carbocycles. The SMILES string of the molecule is CCc1nccn1-c1ccc(F)cc1C(C)NC. The Morgan fingerprint density at radius 2 is 2.22 bits per heavy atom. The van der Waals surface area contributed by atoms with Crippen LogP contribution >= 0.6 is 0 Å². The van der Waals surface area contributed by atoms with Gasteiger partial charge in [-0.25, -0.2) is 9.37 Å². The van der Waals surface area contributed by atoms with Gasteiger partial charge >= 0.3 is 0 Å². The normalized spacial score (nSPS) is 12.7. The Hall–Kier alpha value is -1.68. The topological polar surface area (TPSA) is 29.9 Å². The van der Waals surface area contributed by atoms with Crippen molar-refractivity contribution in [1.82, 2.24) is 14.9 Å². The van der Waals surface area contributed by atoms with E-state index in [0.717, 1.165) is 23.5 Å². The van der Waals surface area contributed by atoms with Crippen molar-refractivity contribution in [1.29, 1.82) is 0 Å². The van der Waals surface area contributed by atoms with Crippen molar-refractivity contribution in [2.24, 2.45) is 0 Å². The van der Waals surface area contributed by atoms with E-state index in [1.54, 1.807) is 18.3 Å². The van der Waals surface area contributed by atoms with Crippen molar-refractivity contribution in [3.63, 3.8) is 0 Å². The highest BCUT2D eigenvalue weighted by Gasteiger charge is 2.13. The second-order valence-electron chi connectivity index (χ2n) is 4.28. The van der Waals surface area contributed by atoms with E-state index in [1.807, 2.05) is 24.7 Å². The van der Waals surface area contributed by atoms with Gasteiger partial charge in [-0.15, -0.1) is 0 Å². The van der Waals surface area contributed by atoms with E-state index in [0.29, 0.717) is 0 Å². The summed E-state index contributed by atoms with van der Waals surface area (Å²) in [6.07, 6.45) is 4.53. The molecule has 1 atom stereocenters. The van der Waals surface area contributed by atoms with Gasteiger partial charge in [-0.2, -0.15) is 0 Å². The molecule has 0 aliphatic carbocycles. The molecule has 2 aromatic rings. The number of aryl methyl sites for hydroxylation is 1. The van der Waals surface area contributed by atoms with Gasteiger partial charge in [0.05, 0.1) is 5.69 Å². The van der Waals surface area contributed by atoms with Crippen LogP contribution in [-0.4, -0.2) is 16.6 Å². The van der Waals surface area contributed by atoms with Gasteiger partial charge in [0.15, 0.2) is 0 Å². The van der Waals surface area contributed by atoms with Gasteiger partial charge in [-0.1, -0.05) is 6.92 Å². The quantitative estimate of drug-likeness (QED) is 0.900. The average Bonchev–Trinajstić information content (AvgIpc) is 2.85. The number of benzene rings is 1. The summed E-state index contributed by atoms with van der Waals surface area (Å²) in [5.41, 5.74) is 1.91. The van der Waals surface area contributed by atoms with Crippen molar-refractivity contribution < 1.29 is 4.39 Å². The van der Waals surface area contributed by atoms with Crippen LogP contribution < -0.4 is 5.32 Å². The highest BCUT2D eigenvalue weighted by molar-refractivity contribution is 5.44. The Kier molecular flexibility index (Phi) is 3.77. The lowest BCUT2D eigenvalue weighted by atomic mass is 10.1. The van der Waals surface area contributed by atoms with Crippen molar-refractivity contribution in [3.8, 4) is 5.69 Å². The van der Waals surface area contributed by atoms with Crippen LogP contribution in [0.3, 0.4) is 0 Å². The second kappa shape index (κ2) is 5.31. The lowest BCUT2D eigenvalue weighted by Crippen LogP contribution is -2.16. The molecule has 1 aromatic heterocycles. The summed E-state index contributed by atoms with van der Waals surface area (Å²) in [5, 5.41) is 3.15. The van der Waals surface area contributed by atoms with Crippen LogP contribution in [0.1, 0.15) is 31.3 Å². The Balaban J connectivity index is 2.56. The number of nitrogens with zero attached hydrogens (tertiary/aromatic N) is 2. The van der Waals surface area contributed by atoms with Gasteiger partial charge in [-0.3, -0.25) is 0 Å². The van der Waals surface area contributed by atoms with Crippen LogP contribution in [-0.2, 0) is 6.42 Å². The molecule has 4 heteroatoms. The molecule has 0 radical (unpaired) electrons. The third kappa shape index (κ3) is 2.29. The molecule has 1 unspecified atom stereocenters. The predicted octanol–water partition coefficient (Wildman–Crippen LogP) is 2.85. The summed E-state index contributed by atoms with van der Waals surface area (Å²) in [4.78, 5) is 4.31. The molecular weight excluding hydrogens is 229 g/mol. The molecule has 0 saturated heterocycles. The van der Waals surface area contributed by atoms with Gasteiger partial charge in [0.25, 0.3) is 0 Å². The summed E-state index contributed by atoms with van der Waals surface area (Å²) in [5.74, 6) is 0.764. The number of nitrogens with one attached hydrogen (secondary N) is 1. The largest absolute Gasteiger partial charge is 0.313 e. The molecule has 2 rings (SSSR count). The number of hydrogen-bond donors (Lipinski definition) is 1. The summed E-state index contributed by atoms with van der Waals surface area (Å²) in [7, 11) is 1.87. The standard InChI is InChI=1S/C14H18FN3/c1-4-14-17-7-8-18(14)13-6-5-11(15)9-12(13)10(2)16-3/h5-10,16H,4H2,1-3H3. The average molecular weight is 247 g/mol. The van der Waals surface area contributed by atoms with Crippen LogP contribution in [0.5, 0.6) is 0 Å². The van der Waals surface area contributed by atoms with E-state index in [2.05, 4.69) is 17.2 Å². The van der Waals surface area contributed by atoms with Gasteiger partial charge in [-0.05, 0) is 37.7 Å². The van der Waals surface area contributed by atoms with E-state index < -0.39 is 0 Å². The van der Waals surface area contributed by atoms with Gasteiger partial charge in [0, 0.05) is 24.9 Å². The van der Waals surface area contributed by atoms with E-state index in [4.69, 9.17) is 0 Å². The maximum Gasteiger partial charge on any atom is 0.123 e. The number of rotatable bonds is 4. The van der Waals surface area contributed by atoms with Crippen LogP contribution in [0.2, 0.25) is 0 Å². The van der Waals surface area contributed by atoms with Crippen LogP contribution in [0.4, 0.5) is 4.39 Å². The maximum atomic E-state index is 13.4. The minimum absolute atomic E-state index is 0.0859. The first-order valence-corrected chi connectivity index (χ1v) is 6.16. The molecule has 1 N–H and O–H groups in total. The Bertz CT molecular complexity index is 534. The fourth-order valence-corrected chi connectivity index (χ4v) is 2.06. The highest BCUT2D eigenvalue weighted by Crippen LogP contribution is 2.23. The monoisotopic (exact) mass is 247 g/mol. The molecule has 0 saturated carbocycles. The number of imidazole rings is 1. The first-order valence-electron chi connectivity index (χ1n) is 6.16. The smallest absolute Gasteiger partial charge is 0.123 e. The zero-order valence-electron chi connectivity index (χ0n) is 10.9. The van der Waals surface area contributed by atoms with Crippen LogP contribution in [0.25, 0.3) is 5.69 Å².